The standard InChI is InChI=1S/C23H29N5O4S/c1-4-22-24-18-7-5-6-8-20(18)28(22)16-23(29)25-19-15-17(9-10-21(19)32-3)33(30,31)27-13-11-26(2)12-14-27/h5-10,15H,4,11-14,16H2,1-3H3,(H,25,29). The fourth-order valence-electron chi connectivity index (χ4n) is 4.03. The van der Waals surface area contributed by atoms with Crippen LogP contribution in [0.2, 0.25) is 0 Å². The summed E-state index contributed by atoms with van der Waals surface area (Å²) < 4.78 is 35.0. The molecule has 1 N–H and O–H groups in total. The first kappa shape index (κ1) is 23.2. The Labute approximate surface area is 194 Å². The predicted octanol–water partition coefficient (Wildman–Crippen LogP) is 2.18. The molecule has 1 aliphatic heterocycles. The van der Waals surface area contributed by atoms with Crippen molar-refractivity contribution in [1.29, 1.82) is 0 Å². The number of para-hydroxylation sites is 2. The van der Waals surface area contributed by atoms with Crippen molar-refractivity contribution in [2.75, 3.05) is 45.7 Å². The second-order valence-corrected chi connectivity index (χ2v) is 10.0. The highest BCUT2D eigenvalue weighted by molar-refractivity contribution is 7.89. The molecule has 1 aromatic heterocycles. The van der Waals surface area contributed by atoms with Gasteiger partial charge in [0.15, 0.2) is 0 Å². The predicted molar refractivity (Wildman–Crippen MR) is 127 cm³/mol. The van der Waals surface area contributed by atoms with E-state index in [1.165, 1.54) is 23.5 Å². The van der Waals surface area contributed by atoms with Gasteiger partial charge in [0.25, 0.3) is 0 Å². The first-order valence-electron chi connectivity index (χ1n) is 10.9. The molecule has 0 spiro atoms. The van der Waals surface area contributed by atoms with Crippen LogP contribution in [0.25, 0.3) is 11.0 Å². The third-order valence-corrected chi connectivity index (χ3v) is 7.79. The molecule has 1 saturated heterocycles. The molecule has 10 heteroatoms. The van der Waals surface area contributed by atoms with Gasteiger partial charge >= 0.3 is 0 Å². The number of methoxy groups -OCH3 is 1. The summed E-state index contributed by atoms with van der Waals surface area (Å²) in [5.74, 6) is 0.914. The summed E-state index contributed by atoms with van der Waals surface area (Å²) in [5.41, 5.74) is 2.03. The van der Waals surface area contributed by atoms with Crippen molar-refractivity contribution in [3.05, 3.63) is 48.3 Å². The maximum absolute atomic E-state index is 13.2. The van der Waals surface area contributed by atoms with E-state index in [1.54, 1.807) is 6.07 Å². The minimum atomic E-state index is -3.67. The van der Waals surface area contributed by atoms with E-state index in [-0.39, 0.29) is 17.3 Å². The zero-order valence-corrected chi connectivity index (χ0v) is 19.9. The van der Waals surface area contributed by atoms with E-state index < -0.39 is 10.0 Å². The van der Waals surface area contributed by atoms with Crippen LogP contribution in [0.5, 0.6) is 5.75 Å². The lowest BCUT2D eigenvalue weighted by Crippen LogP contribution is -2.47. The van der Waals surface area contributed by atoms with E-state index >= 15 is 0 Å². The van der Waals surface area contributed by atoms with Gasteiger partial charge < -0.3 is 19.5 Å². The van der Waals surface area contributed by atoms with Crippen molar-refractivity contribution >= 4 is 32.7 Å². The number of aryl methyl sites for hydroxylation is 1. The number of likely N-dealkylation sites (N-methyl/N-ethyl adjacent to an activating group) is 1. The molecule has 1 fully saturated rings. The second-order valence-electron chi connectivity index (χ2n) is 8.07. The normalized spacial score (nSPS) is 15.6. The van der Waals surface area contributed by atoms with Gasteiger partial charge in [-0.2, -0.15) is 4.31 Å². The first-order valence-corrected chi connectivity index (χ1v) is 12.4. The van der Waals surface area contributed by atoms with Crippen molar-refractivity contribution in [2.24, 2.45) is 0 Å². The molecule has 1 amide bonds. The van der Waals surface area contributed by atoms with E-state index in [0.29, 0.717) is 44.0 Å². The summed E-state index contributed by atoms with van der Waals surface area (Å²) in [5, 5.41) is 2.83. The number of ether oxygens (including phenoxy) is 1. The van der Waals surface area contributed by atoms with Crippen molar-refractivity contribution in [1.82, 2.24) is 18.8 Å². The molecule has 0 aliphatic carbocycles. The molecular formula is C23H29N5O4S. The summed E-state index contributed by atoms with van der Waals surface area (Å²) in [6, 6.07) is 12.2. The van der Waals surface area contributed by atoms with Gasteiger partial charge in [-0.05, 0) is 37.4 Å². The molecule has 0 radical (unpaired) electrons. The van der Waals surface area contributed by atoms with Crippen molar-refractivity contribution in [3.8, 4) is 5.75 Å². The van der Waals surface area contributed by atoms with Crippen molar-refractivity contribution in [3.63, 3.8) is 0 Å². The maximum atomic E-state index is 13.2. The highest BCUT2D eigenvalue weighted by Gasteiger charge is 2.28. The van der Waals surface area contributed by atoms with Gasteiger partial charge in [0.05, 0.1) is 28.7 Å². The number of anilines is 1. The zero-order valence-electron chi connectivity index (χ0n) is 19.1. The van der Waals surface area contributed by atoms with Crippen LogP contribution < -0.4 is 10.1 Å². The summed E-state index contributed by atoms with van der Waals surface area (Å²) in [7, 11) is -0.219. The fraction of sp³-hybridized carbons (Fsp3) is 0.391. The number of benzene rings is 2. The molecule has 33 heavy (non-hydrogen) atoms. The van der Waals surface area contributed by atoms with Gasteiger partial charge in [-0.3, -0.25) is 4.79 Å². The number of imidazole rings is 1. The Morgan fingerprint density at radius 3 is 2.55 bits per heavy atom. The number of carbonyl (C=O) groups is 1. The average molecular weight is 472 g/mol. The van der Waals surface area contributed by atoms with Gasteiger partial charge in [0, 0.05) is 32.6 Å². The number of amides is 1. The topological polar surface area (TPSA) is 96.8 Å². The molecule has 176 valence electrons. The quantitative estimate of drug-likeness (QED) is 0.567. The Morgan fingerprint density at radius 2 is 1.85 bits per heavy atom. The Kier molecular flexibility index (Phi) is 6.68. The fourth-order valence-corrected chi connectivity index (χ4v) is 5.48. The van der Waals surface area contributed by atoms with E-state index in [4.69, 9.17) is 4.74 Å². The number of aromatic nitrogens is 2. The van der Waals surface area contributed by atoms with E-state index in [2.05, 4.69) is 15.2 Å². The highest BCUT2D eigenvalue weighted by atomic mass is 32.2. The van der Waals surface area contributed by atoms with E-state index in [9.17, 15) is 13.2 Å². The number of hydrogen-bond acceptors (Lipinski definition) is 6. The van der Waals surface area contributed by atoms with Gasteiger partial charge in [0.2, 0.25) is 15.9 Å². The van der Waals surface area contributed by atoms with Crippen LogP contribution in [0.15, 0.2) is 47.4 Å². The summed E-state index contributed by atoms with van der Waals surface area (Å²) in [6.07, 6.45) is 0.685. The molecular weight excluding hydrogens is 442 g/mol. The molecule has 9 nitrogen and oxygen atoms in total. The van der Waals surface area contributed by atoms with Gasteiger partial charge in [-0.15, -0.1) is 0 Å². The number of hydrogen-bond donors (Lipinski definition) is 1. The van der Waals surface area contributed by atoms with Crippen molar-refractivity contribution in [2.45, 2.75) is 24.8 Å². The summed E-state index contributed by atoms with van der Waals surface area (Å²) in [4.78, 5) is 19.8. The molecule has 0 unspecified atom stereocenters. The first-order chi connectivity index (χ1) is 15.8. The van der Waals surface area contributed by atoms with Crippen LogP contribution in [0, 0.1) is 0 Å². The molecule has 0 bridgehead atoms. The van der Waals surface area contributed by atoms with Gasteiger partial charge in [0.1, 0.15) is 18.1 Å². The minimum absolute atomic E-state index is 0.0578. The van der Waals surface area contributed by atoms with Gasteiger partial charge in [-0.25, -0.2) is 13.4 Å². The lowest BCUT2D eigenvalue weighted by molar-refractivity contribution is -0.116. The second kappa shape index (κ2) is 9.50. The van der Waals surface area contributed by atoms with Crippen LogP contribution in [0.4, 0.5) is 5.69 Å². The number of carbonyl (C=O) groups excluding carboxylic acids is 1. The number of fused-ring (bicyclic) bond motifs is 1. The molecule has 1 aliphatic rings. The molecule has 3 aromatic rings. The van der Waals surface area contributed by atoms with E-state index in [1.807, 2.05) is 42.8 Å². The zero-order chi connectivity index (χ0) is 23.6. The molecule has 0 saturated carbocycles. The third-order valence-electron chi connectivity index (χ3n) is 5.90. The molecule has 0 atom stereocenters. The summed E-state index contributed by atoms with van der Waals surface area (Å²) >= 11 is 0. The third kappa shape index (κ3) is 4.73. The van der Waals surface area contributed by atoms with Crippen LogP contribution in [0.1, 0.15) is 12.7 Å². The van der Waals surface area contributed by atoms with Gasteiger partial charge in [-0.1, -0.05) is 19.1 Å². The van der Waals surface area contributed by atoms with Crippen LogP contribution in [0.3, 0.4) is 0 Å². The number of nitrogens with one attached hydrogen (secondary N) is 1. The van der Waals surface area contributed by atoms with Crippen LogP contribution in [-0.2, 0) is 27.8 Å². The molecule has 4 rings (SSSR count). The SMILES string of the molecule is CCc1nc2ccccc2n1CC(=O)Nc1cc(S(=O)(=O)N2CCN(C)CC2)ccc1OC. The Balaban J connectivity index is 1.59. The molecule has 2 heterocycles. The Morgan fingerprint density at radius 1 is 1.12 bits per heavy atom. The highest BCUT2D eigenvalue weighted by Crippen LogP contribution is 2.29. The van der Waals surface area contributed by atoms with E-state index in [0.717, 1.165) is 16.9 Å². The number of piperazine rings is 1. The average Bonchev–Trinajstić information content (AvgIpc) is 3.16. The van der Waals surface area contributed by atoms with Crippen LogP contribution >= 0.6 is 0 Å². The maximum Gasteiger partial charge on any atom is 0.244 e. The lowest BCUT2D eigenvalue weighted by Gasteiger charge is -2.31. The molecule has 2 aromatic carbocycles. The van der Waals surface area contributed by atoms with Crippen molar-refractivity contribution < 1.29 is 17.9 Å². The Hall–Kier alpha value is -2.95. The largest absolute Gasteiger partial charge is 0.495 e. The monoisotopic (exact) mass is 471 g/mol. The smallest absolute Gasteiger partial charge is 0.244 e. The lowest BCUT2D eigenvalue weighted by atomic mass is 10.3. The number of rotatable bonds is 7. The number of nitrogens with zero attached hydrogens (tertiary/aromatic N) is 4. The summed E-state index contributed by atoms with van der Waals surface area (Å²) in [6.45, 7) is 4.27. The minimum Gasteiger partial charge on any atom is -0.495 e. The van der Waals surface area contributed by atoms with Crippen LogP contribution in [-0.4, -0.2) is 73.4 Å². The Bertz CT molecular complexity index is 1260. The number of sulfonamides is 1.